The Bertz CT molecular complexity index is 2340. The van der Waals surface area contributed by atoms with E-state index in [9.17, 15) is 32.3 Å². The van der Waals surface area contributed by atoms with Gasteiger partial charge in [0.2, 0.25) is 11.8 Å². The second kappa shape index (κ2) is 18.1. The van der Waals surface area contributed by atoms with Gasteiger partial charge in [0.05, 0.1) is 29.1 Å². The number of alkyl halides is 3. The highest BCUT2D eigenvalue weighted by Crippen LogP contribution is 2.41. The molecular weight excluding hydrogens is 829 g/mol. The summed E-state index contributed by atoms with van der Waals surface area (Å²) in [7, 11) is 1.23. The maximum atomic E-state index is 13.8. The number of rotatable bonds is 10. The summed E-state index contributed by atoms with van der Waals surface area (Å²) in [5, 5.41) is 5.17. The molecule has 0 radical (unpaired) electrons. The van der Waals surface area contributed by atoms with Gasteiger partial charge in [0.25, 0.3) is 5.91 Å². The molecule has 2 aromatic carbocycles. The lowest BCUT2D eigenvalue weighted by molar-refractivity contribution is -0.274. The number of alkyl carbamates (subject to hydrolysis) is 1. The van der Waals surface area contributed by atoms with Crippen LogP contribution in [0.5, 0.6) is 5.75 Å². The van der Waals surface area contributed by atoms with Crippen LogP contribution in [0, 0.1) is 11.3 Å². The molecular formula is C44H50ClF3N8O6. The predicted octanol–water partition coefficient (Wildman–Crippen LogP) is 8.24. The molecule has 0 aliphatic carbocycles. The van der Waals surface area contributed by atoms with Gasteiger partial charge in [0.1, 0.15) is 29.5 Å². The van der Waals surface area contributed by atoms with Crippen molar-refractivity contribution >= 4 is 46.9 Å². The molecule has 1 fully saturated rings. The number of hydrogen-bond donors (Lipinski definition) is 3. The average molecular weight is 879 g/mol. The number of aromatic nitrogens is 3. The van der Waals surface area contributed by atoms with Gasteiger partial charge in [-0.25, -0.2) is 14.8 Å². The Hall–Kier alpha value is -6.10. The fourth-order valence-electron chi connectivity index (χ4n) is 7.48. The van der Waals surface area contributed by atoms with Crippen LogP contribution in [0.3, 0.4) is 0 Å². The van der Waals surface area contributed by atoms with Crippen molar-refractivity contribution < 1.29 is 41.8 Å². The third-order valence-corrected chi connectivity index (χ3v) is 11.0. The summed E-state index contributed by atoms with van der Waals surface area (Å²) in [6.07, 6.45) is -0.836. The van der Waals surface area contributed by atoms with Crippen LogP contribution < -0.4 is 20.3 Å². The van der Waals surface area contributed by atoms with E-state index in [0.29, 0.717) is 54.6 Å². The van der Waals surface area contributed by atoms with Gasteiger partial charge in [0.15, 0.2) is 0 Å². The maximum absolute atomic E-state index is 13.8. The average Bonchev–Trinajstić information content (AvgIpc) is 3.86. The Morgan fingerprint density at radius 2 is 1.69 bits per heavy atom. The molecule has 3 N–H and O–H groups in total. The number of H-pyrrole nitrogens is 1. The standard InChI is InChI=1S/C44H50ClF3N8O6/c1-24(2)37(53-42(60)61-8)40(58)56-22-25(3)17-34(56)38-50-21-33(51-38)28-11-9-27(10-12-28)30-18-31(45)32(19-35(30)62-44(46,47)48)52-39(57)29-13-14-36(49-20-29)55-16-15-54(23-26(55)4)41(59)43(5,6)7/h9-14,17-21,24,26,34,37H,15-16,22-23H2,1-8H3,(H,50,51)(H,52,57)(H,53,60)/t26-,34+,37+/m1/s1. The number of carbonyl (C=O) groups excluding carboxylic acids is 4. The van der Waals surface area contributed by atoms with E-state index in [0.717, 1.165) is 11.6 Å². The first-order valence-corrected chi connectivity index (χ1v) is 20.4. The minimum atomic E-state index is -5.06. The van der Waals surface area contributed by atoms with E-state index >= 15 is 0 Å². The molecule has 14 nitrogen and oxygen atoms in total. The molecule has 18 heteroatoms. The molecule has 1 saturated heterocycles. The Labute approximate surface area is 362 Å². The molecule has 4 amide bonds. The lowest BCUT2D eigenvalue weighted by atomic mass is 9.94. The monoisotopic (exact) mass is 878 g/mol. The van der Waals surface area contributed by atoms with Gasteiger partial charge < -0.3 is 39.8 Å². The van der Waals surface area contributed by atoms with Crippen molar-refractivity contribution in [2.75, 3.05) is 43.5 Å². The van der Waals surface area contributed by atoms with E-state index in [1.54, 1.807) is 47.5 Å². The third-order valence-electron chi connectivity index (χ3n) is 10.6. The number of pyridine rings is 1. The molecule has 6 rings (SSSR count). The second-order valence-electron chi connectivity index (χ2n) is 16.8. The highest BCUT2D eigenvalue weighted by Gasteiger charge is 2.38. The SMILES string of the molecule is COC(=O)N[C@H](C(=O)N1CC(C)=C[C@H]1c1nc(-c2ccc(-c3cc(Cl)c(NC(=O)c4ccc(N5CCN(C(=O)C(C)(C)C)C[C@H]5C)nc4)cc3OC(F)(F)F)cc2)c[nH]1)C(C)C. The van der Waals surface area contributed by atoms with Crippen molar-refractivity contribution in [1.29, 1.82) is 0 Å². The van der Waals surface area contributed by atoms with Gasteiger partial charge in [0, 0.05) is 67.2 Å². The summed E-state index contributed by atoms with van der Waals surface area (Å²) in [6, 6.07) is 10.7. The first kappa shape index (κ1) is 45.4. The number of aromatic amines is 1. The van der Waals surface area contributed by atoms with E-state index in [4.69, 9.17) is 21.3 Å². The van der Waals surface area contributed by atoms with Crippen LogP contribution >= 0.6 is 11.6 Å². The minimum absolute atomic E-state index is 0.0185. The highest BCUT2D eigenvalue weighted by molar-refractivity contribution is 6.34. The number of hydrogen-bond acceptors (Lipinski definition) is 9. The van der Waals surface area contributed by atoms with E-state index in [-0.39, 0.29) is 45.6 Å². The number of anilines is 2. The van der Waals surface area contributed by atoms with Gasteiger partial charge in [-0.15, -0.1) is 13.2 Å². The molecule has 3 atom stereocenters. The summed E-state index contributed by atoms with van der Waals surface area (Å²) < 4.78 is 50.5. The summed E-state index contributed by atoms with van der Waals surface area (Å²) in [5.41, 5.74) is 1.97. The van der Waals surface area contributed by atoms with Crippen molar-refractivity contribution in [3.8, 4) is 28.1 Å². The van der Waals surface area contributed by atoms with Crippen molar-refractivity contribution in [2.45, 2.75) is 73.0 Å². The number of imidazole rings is 1. The number of nitrogens with one attached hydrogen (secondary N) is 3. The molecule has 330 valence electrons. The maximum Gasteiger partial charge on any atom is 0.573 e. The second-order valence-corrected chi connectivity index (χ2v) is 17.2. The third kappa shape index (κ3) is 10.3. The van der Waals surface area contributed by atoms with Crippen LogP contribution in [0.2, 0.25) is 5.02 Å². The number of nitrogens with zero attached hydrogens (tertiary/aromatic N) is 5. The van der Waals surface area contributed by atoms with E-state index in [1.807, 2.05) is 64.3 Å². The van der Waals surface area contributed by atoms with Crippen LogP contribution in [0.1, 0.15) is 70.7 Å². The smallest absolute Gasteiger partial charge is 0.453 e. The first-order chi connectivity index (χ1) is 29.1. The topological polar surface area (TPSA) is 162 Å². The molecule has 0 bridgehead atoms. The van der Waals surface area contributed by atoms with Crippen molar-refractivity contribution in [2.24, 2.45) is 11.3 Å². The molecule has 2 aliphatic heterocycles. The molecule has 0 unspecified atom stereocenters. The van der Waals surface area contributed by atoms with Gasteiger partial charge in [-0.2, -0.15) is 0 Å². The Balaban J connectivity index is 1.17. The largest absolute Gasteiger partial charge is 0.573 e. The van der Waals surface area contributed by atoms with Gasteiger partial charge in [-0.1, -0.05) is 82.1 Å². The molecule has 2 aromatic heterocycles. The molecule has 4 heterocycles. The van der Waals surface area contributed by atoms with Crippen molar-refractivity contribution in [3.05, 3.63) is 89.0 Å². The summed E-state index contributed by atoms with van der Waals surface area (Å²) in [4.78, 5) is 69.7. The fraction of sp³-hybridized carbons (Fsp3) is 0.409. The normalized spacial score (nSPS) is 17.4. The van der Waals surface area contributed by atoms with Crippen LogP contribution in [-0.2, 0) is 14.3 Å². The van der Waals surface area contributed by atoms with E-state index < -0.39 is 41.6 Å². The molecule has 2 aliphatic rings. The van der Waals surface area contributed by atoms with E-state index in [2.05, 4.69) is 25.3 Å². The van der Waals surface area contributed by atoms with Crippen LogP contribution in [0.4, 0.5) is 29.5 Å². The number of amides is 4. The fourth-order valence-corrected chi connectivity index (χ4v) is 7.69. The zero-order valence-corrected chi connectivity index (χ0v) is 36.4. The Kier molecular flexibility index (Phi) is 13.3. The molecule has 0 spiro atoms. The Morgan fingerprint density at radius 1 is 1.00 bits per heavy atom. The Morgan fingerprint density at radius 3 is 2.29 bits per heavy atom. The summed E-state index contributed by atoms with van der Waals surface area (Å²) >= 11 is 6.59. The minimum Gasteiger partial charge on any atom is -0.453 e. The highest BCUT2D eigenvalue weighted by atomic mass is 35.5. The zero-order valence-electron chi connectivity index (χ0n) is 35.7. The van der Waals surface area contributed by atoms with Crippen molar-refractivity contribution in [3.63, 3.8) is 0 Å². The predicted molar refractivity (Wildman–Crippen MR) is 229 cm³/mol. The molecule has 0 saturated carbocycles. The number of methoxy groups -OCH3 is 1. The number of carbonyl (C=O) groups is 4. The number of benzene rings is 2. The first-order valence-electron chi connectivity index (χ1n) is 20.0. The number of halogens is 4. The van der Waals surface area contributed by atoms with Crippen molar-refractivity contribution in [1.82, 2.24) is 30.1 Å². The summed E-state index contributed by atoms with van der Waals surface area (Å²) in [6.45, 7) is 15.1. The van der Waals surface area contributed by atoms with Crippen LogP contribution in [0.15, 0.2) is 72.6 Å². The van der Waals surface area contributed by atoms with Gasteiger partial charge in [-0.05, 0) is 43.5 Å². The molecule has 62 heavy (non-hydrogen) atoms. The van der Waals surface area contributed by atoms with Crippen LogP contribution in [0.25, 0.3) is 22.4 Å². The van der Waals surface area contributed by atoms with Crippen LogP contribution in [-0.4, -0.2) is 100 Å². The van der Waals surface area contributed by atoms with Gasteiger partial charge in [-0.3, -0.25) is 14.4 Å². The van der Waals surface area contributed by atoms with Gasteiger partial charge >= 0.3 is 12.5 Å². The lowest BCUT2D eigenvalue weighted by Crippen LogP contribution is -2.56. The lowest BCUT2D eigenvalue weighted by Gasteiger charge is -2.42. The zero-order chi connectivity index (χ0) is 45.3. The van der Waals surface area contributed by atoms with E-state index in [1.165, 1.54) is 19.4 Å². The quantitative estimate of drug-likeness (QED) is 0.133. The summed E-state index contributed by atoms with van der Waals surface area (Å²) in [5.74, 6) is -0.601. The number of piperazine rings is 1. The molecule has 4 aromatic rings. The number of ether oxygens (including phenoxy) is 2.